The maximum absolute atomic E-state index is 11.5. The minimum atomic E-state index is -0.316. The second kappa shape index (κ2) is 3.86. The van der Waals surface area contributed by atoms with Crippen molar-refractivity contribution in [1.82, 2.24) is 14.4 Å². The van der Waals surface area contributed by atoms with Gasteiger partial charge in [0.05, 0.1) is 17.3 Å². The normalized spacial score (nSPS) is 10.4. The van der Waals surface area contributed by atoms with Crippen molar-refractivity contribution in [2.45, 2.75) is 0 Å². The molecule has 0 aliphatic heterocycles. The van der Waals surface area contributed by atoms with Gasteiger partial charge >= 0.3 is 5.69 Å². The first-order valence-electron chi connectivity index (χ1n) is 5.35. The smallest absolute Gasteiger partial charge is 0.339 e. The van der Waals surface area contributed by atoms with Crippen LogP contribution in [0.25, 0.3) is 16.9 Å². The van der Waals surface area contributed by atoms with E-state index in [-0.39, 0.29) is 5.69 Å². The molecular formula is C13H8N4O. The van der Waals surface area contributed by atoms with Gasteiger partial charge in [0.1, 0.15) is 5.65 Å². The first kappa shape index (κ1) is 10.3. The lowest BCUT2D eigenvalue weighted by molar-refractivity contribution is 1.00. The Morgan fingerprint density at radius 2 is 2.00 bits per heavy atom. The molecule has 5 nitrogen and oxygen atoms in total. The van der Waals surface area contributed by atoms with Gasteiger partial charge in [-0.2, -0.15) is 5.26 Å². The molecule has 5 heteroatoms. The molecule has 0 saturated heterocycles. The van der Waals surface area contributed by atoms with Crippen molar-refractivity contribution in [3.8, 4) is 17.3 Å². The fourth-order valence-corrected chi connectivity index (χ4v) is 1.81. The average Bonchev–Trinajstić information content (AvgIpc) is 2.84. The van der Waals surface area contributed by atoms with E-state index in [2.05, 4.69) is 16.0 Å². The van der Waals surface area contributed by atoms with Gasteiger partial charge in [0, 0.05) is 12.4 Å². The Hall–Kier alpha value is -2.87. The van der Waals surface area contributed by atoms with Crippen molar-refractivity contribution in [3.63, 3.8) is 0 Å². The molecule has 1 N–H and O–H groups in total. The van der Waals surface area contributed by atoms with E-state index in [0.717, 1.165) is 11.3 Å². The summed E-state index contributed by atoms with van der Waals surface area (Å²) in [7, 11) is 0. The lowest BCUT2D eigenvalue weighted by Gasteiger charge is -1.96. The van der Waals surface area contributed by atoms with E-state index in [1.165, 1.54) is 10.6 Å². The van der Waals surface area contributed by atoms with Crippen LogP contribution in [0, 0.1) is 11.3 Å². The highest BCUT2D eigenvalue weighted by Crippen LogP contribution is 2.18. The van der Waals surface area contributed by atoms with E-state index < -0.39 is 0 Å². The Labute approximate surface area is 102 Å². The summed E-state index contributed by atoms with van der Waals surface area (Å²) in [5, 5.41) is 8.74. The topological polar surface area (TPSA) is 73.9 Å². The van der Waals surface area contributed by atoms with Crippen molar-refractivity contribution in [2.75, 3.05) is 0 Å². The number of hydrogen-bond donors (Lipinski definition) is 1. The molecule has 0 aliphatic rings. The second-order valence-electron chi connectivity index (χ2n) is 3.84. The molecule has 86 valence electrons. The first-order chi connectivity index (χ1) is 8.78. The number of nitriles is 1. The minimum Gasteiger partial charge on any atom is -0.339 e. The maximum atomic E-state index is 11.5. The van der Waals surface area contributed by atoms with Crippen LogP contribution in [0.5, 0.6) is 0 Å². The zero-order chi connectivity index (χ0) is 12.5. The van der Waals surface area contributed by atoms with Crippen molar-refractivity contribution < 1.29 is 0 Å². The second-order valence-corrected chi connectivity index (χ2v) is 3.84. The van der Waals surface area contributed by atoms with Gasteiger partial charge in [0.15, 0.2) is 0 Å². The summed E-state index contributed by atoms with van der Waals surface area (Å²) in [6.45, 7) is 0. The maximum Gasteiger partial charge on any atom is 0.353 e. The van der Waals surface area contributed by atoms with Crippen LogP contribution in [0.1, 0.15) is 5.56 Å². The van der Waals surface area contributed by atoms with Crippen molar-refractivity contribution in [3.05, 3.63) is 58.8 Å². The van der Waals surface area contributed by atoms with Crippen LogP contribution in [0.4, 0.5) is 0 Å². The number of fused-ring (bicyclic) bond motifs is 1. The number of nitrogens with one attached hydrogen (secondary N) is 1. The van der Waals surface area contributed by atoms with E-state index in [0.29, 0.717) is 11.2 Å². The van der Waals surface area contributed by atoms with Crippen molar-refractivity contribution in [2.24, 2.45) is 0 Å². The first-order valence-corrected chi connectivity index (χ1v) is 5.35. The summed E-state index contributed by atoms with van der Waals surface area (Å²) in [6, 6.07) is 10.9. The molecule has 2 aromatic heterocycles. The number of benzene rings is 1. The zero-order valence-corrected chi connectivity index (χ0v) is 9.29. The summed E-state index contributed by atoms with van der Waals surface area (Å²) in [5.74, 6) is 0. The molecule has 3 aromatic rings. The molecule has 1 aromatic carbocycles. The molecule has 0 aliphatic carbocycles. The van der Waals surface area contributed by atoms with Crippen LogP contribution in [-0.4, -0.2) is 14.4 Å². The third-order valence-corrected chi connectivity index (χ3v) is 2.73. The highest BCUT2D eigenvalue weighted by Gasteiger charge is 2.04. The number of hydrogen-bond acceptors (Lipinski definition) is 3. The van der Waals surface area contributed by atoms with Gasteiger partial charge < -0.3 is 4.98 Å². The molecule has 3 rings (SSSR count). The summed E-state index contributed by atoms with van der Waals surface area (Å²) in [5.41, 5.74) is 2.70. The Morgan fingerprint density at radius 3 is 2.67 bits per heavy atom. The molecule has 0 saturated carbocycles. The number of nitrogens with zero attached hydrogens (tertiary/aromatic N) is 3. The van der Waals surface area contributed by atoms with Crippen LogP contribution in [0.15, 0.2) is 47.5 Å². The third-order valence-electron chi connectivity index (χ3n) is 2.73. The van der Waals surface area contributed by atoms with Gasteiger partial charge in [-0.1, -0.05) is 12.1 Å². The van der Waals surface area contributed by atoms with E-state index in [1.807, 2.05) is 12.1 Å². The van der Waals surface area contributed by atoms with Gasteiger partial charge in [-0.25, -0.2) is 9.78 Å². The zero-order valence-electron chi connectivity index (χ0n) is 9.29. The van der Waals surface area contributed by atoms with Crippen LogP contribution in [0.3, 0.4) is 0 Å². The van der Waals surface area contributed by atoms with E-state index in [1.54, 1.807) is 24.4 Å². The molecule has 0 atom stereocenters. The molecule has 0 bridgehead atoms. The number of H-pyrrole nitrogens is 1. The third kappa shape index (κ3) is 1.57. The minimum absolute atomic E-state index is 0.316. The summed E-state index contributed by atoms with van der Waals surface area (Å²) in [4.78, 5) is 18.3. The fourth-order valence-electron chi connectivity index (χ4n) is 1.81. The molecule has 0 amide bonds. The molecule has 0 fully saturated rings. The molecule has 18 heavy (non-hydrogen) atoms. The Morgan fingerprint density at radius 1 is 1.22 bits per heavy atom. The summed E-state index contributed by atoms with van der Waals surface area (Å²) < 4.78 is 1.45. The molecule has 2 heterocycles. The largest absolute Gasteiger partial charge is 0.353 e. The predicted molar refractivity (Wildman–Crippen MR) is 66.0 cm³/mol. The number of rotatable bonds is 1. The Bertz CT molecular complexity index is 805. The molecule has 0 radical (unpaired) electrons. The highest BCUT2D eigenvalue weighted by molar-refractivity contribution is 5.63. The number of imidazole rings is 1. The van der Waals surface area contributed by atoms with Crippen LogP contribution in [0.2, 0.25) is 0 Å². The lowest BCUT2D eigenvalue weighted by atomic mass is 10.1. The Kier molecular flexibility index (Phi) is 2.21. The number of aromatic nitrogens is 3. The molecule has 0 unspecified atom stereocenters. The predicted octanol–water partition coefficient (Wildman–Crippen LogP) is 1.56. The Balaban J connectivity index is 2.17. The quantitative estimate of drug-likeness (QED) is 0.696. The summed E-state index contributed by atoms with van der Waals surface area (Å²) in [6.07, 6.45) is 3.17. The van der Waals surface area contributed by atoms with Gasteiger partial charge in [-0.3, -0.25) is 4.40 Å². The SMILES string of the molecule is N#Cc1ccc(-c2cn3c(=O)nccc3[nH]2)cc1. The summed E-state index contributed by atoms with van der Waals surface area (Å²) >= 11 is 0. The van der Waals surface area contributed by atoms with Gasteiger partial charge in [-0.05, 0) is 23.8 Å². The highest BCUT2D eigenvalue weighted by atomic mass is 16.1. The van der Waals surface area contributed by atoms with E-state index in [4.69, 9.17) is 5.26 Å². The van der Waals surface area contributed by atoms with Crippen LogP contribution >= 0.6 is 0 Å². The van der Waals surface area contributed by atoms with Gasteiger partial charge in [0.25, 0.3) is 0 Å². The van der Waals surface area contributed by atoms with Gasteiger partial charge in [-0.15, -0.1) is 0 Å². The van der Waals surface area contributed by atoms with Crippen molar-refractivity contribution >= 4 is 5.65 Å². The number of aromatic amines is 1. The fraction of sp³-hybridized carbons (Fsp3) is 0. The van der Waals surface area contributed by atoms with Crippen LogP contribution in [-0.2, 0) is 0 Å². The standard InChI is InChI=1S/C13H8N4O/c14-7-9-1-3-10(4-2-9)11-8-17-12(16-11)5-6-15-13(17)18/h1-6,8,16H. The lowest BCUT2D eigenvalue weighted by Crippen LogP contribution is -2.13. The van der Waals surface area contributed by atoms with Crippen molar-refractivity contribution in [1.29, 1.82) is 5.26 Å². The van der Waals surface area contributed by atoms with Gasteiger partial charge in [0.2, 0.25) is 0 Å². The van der Waals surface area contributed by atoms with Crippen LogP contribution < -0.4 is 5.69 Å². The van der Waals surface area contributed by atoms with E-state index in [9.17, 15) is 4.79 Å². The average molecular weight is 236 g/mol. The van der Waals surface area contributed by atoms with E-state index >= 15 is 0 Å². The monoisotopic (exact) mass is 236 g/mol. The molecular weight excluding hydrogens is 228 g/mol. The molecule has 0 spiro atoms.